The largest absolute Gasteiger partial charge is 0.385 e. The summed E-state index contributed by atoms with van der Waals surface area (Å²) in [5.74, 6) is -0.0296. The van der Waals surface area contributed by atoms with Crippen LogP contribution in [0.15, 0.2) is 12.2 Å². The molecule has 0 radical (unpaired) electrons. The number of carbonyl (C=O) groups excluding carboxylic acids is 1. The van der Waals surface area contributed by atoms with E-state index in [1.165, 1.54) is 6.08 Å². The maximum absolute atomic E-state index is 11.1. The first-order valence-corrected chi connectivity index (χ1v) is 4.91. The van der Waals surface area contributed by atoms with Gasteiger partial charge in [-0.3, -0.25) is 4.79 Å². The van der Waals surface area contributed by atoms with Gasteiger partial charge in [0, 0.05) is 20.3 Å². The second kappa shape index (κ2) is 6.60. The first-order valence-electron chi connectivity index (χ1n) is 4.91. The van der Waals surface area contributed by atoms with Crippen LogP contribution in [0, 0.1) is 5.41 Å². The standard InChI is InChI=1S/C11H21NO2/c1-5-6-10(13)12-9-11(2,3)7-8-14-4/h5-6H,7-9H2,1-4H3,(H,12,13)/b6-5+. The third-order valence-corrected chi connectivity index (χ3v) is 2.04. The molecular formula is C11H21NO2. The van der Waals surface area contributed by atoms with E-state index in [4.69, 9.17) is 4.74 Å². The lowest BCUT2D eigenvalue weighted by atomic mass is 9.90. The number of amides is 1. The van der Waals surface area contributed by atoms with Crippen LogP contribution in [0.1, 0.15) is 27.2 Å². The number of allylic oxidation sites excluding steroid dienone is 1. The quantitative estimate of drug-likeness (QED) is 0.662. The van der Waals surface area contributed by atoms with Crippen molar-refractivity contribution in [3.63, 3.8) is 0 Å². The summed E-state index contributed by atoms with van der Waals surface area (Å²) in [6.07, 6.45) is 4.21. The van der Waals surface area contributed by atoms with Gasteiger partial charge < -0.3 is 10.1 Å². The first-order chi connectivity index (χ1) is 6.52. The zero-order valence-electron chi connectivity index (χ0n) is 9.59. The van der Waals surface area contributed by atoms with E-state index >= 15 is 0 Å². The van der Waals surface area contributed by atoms with E-state index in [-0.39, 0.29) is 11.3 Å². The van der Waals surface area contributed by atoms with Crippen molar-refractivity contribution in [2.75, 3.05) is 20.3 Å². The summed E-state index contributed by atoms with van der Waals surface area (Å²) in [5, 5.41) is 2.85. The fourth-order valence-corrected chi connectivity index (χ4v) is 1.00. The van der Waals surface area contributed by atoms with Crippen molar-refractivity contribution in [3.8, 4) is 0 Å². The van der Waals surface area contributed by atoms with Crippen LogP contribution >= 0.6 is 0 Å². The molecule has 0 unspecified atom stereocenters. The lowest BCUT2D eigenvalue weighted by molar-refractivity contribution is -0.117. The summed E-state index contributed by atoms with van der Waals surface area (Å²) in [6, 6.07) is 0. The number of carbonyl (C=O) groups is 1. The summed E-state index contributed by atoms with van der Waals surface area (Å²) in [7, 11) is 1.69. The number of nitrogens with one attached hydrogen (secondary N) is 1. The number of hydrogen-bond acceptors (Lipinski definition) is 2. The van der Waals surface area contributed by atoms with Crippen molar-refractivity contribution in [1.82, 2.24) is 5.32 Å². The predicted octanol–water partition coefficient (Wildman–Crippen LogP) is 1.74. The van der Waals surface area contributed by atoms with Gasteiger partial charge in [0.2, 0.25) is 5.91 Å². The molecule has 0 aliphatic rings. The highest BCUT2D eigenvalue weighted by Crippen LogP contribution is 2.18. The molecule has 0 saturated carbocycles. The van der Waals surface area contributed by atoms with Crippen LogP contribution in [0.25, 0.3) is 0 Å². The van der Waals surface area contributed by atoms with Crippen molar-refractivity contribution in [2.45, 2.75) is 27.2 Å². The number of methoxy groups -OCH3 is 1. The van der Waals surface area contributed by atoms with E-state index in [0.717, 1.165) is 13.0 Å². The molecule has 0 spiro atoms. The average molecular weight is 199 g/mol. The summed E-state index contributed by atoms with van der Waals surface area (Å²) in [4.78, 5) is 11.1. The molecule has 1 N–H and O–H groups in total. The molecule has 0 rings (SSSR count). The highest BCUT2D eigenvalue weighted by Gasteiger charge is 2.17. The summed E-state index contributed by atoms with van der Waals surface area (Å²) >= 11 is 0. The number of ether oxygens (including phenoxy) is 1. The molecule has 3 heteroatoms. The number of rotatable bonds is 6. The molecule has 0 aliphatic carbocycles. The Bertz CT molecular complexity index is 197. The molecule has 0 heterocycles. The van der Waals surface area contributed by atoms with Crippen molar-refractivity contribution < 1.29 is 9.53 Å². The predicted molar refractivity (Wildman–Crippen MR) is 58.1 cm³/mol. The fraction of sp³-hybridized carbons (Fsp3) is 0.727. The van der Waals surface area contributed by atoms with Gasteiger partial charge in [-0.1, -0.05) is 19.9 Å². The molecule has 0 aromatic heterocycles. The minimum Gasteiger partial charge on any atom is -0.385 e. The Balaban J connectivity index is 3.80. The van der Waals surface area contributed by atoms with E-state index in [1.54, 1.807) is 13.2 Å². The molecule has 0 aliphatic heterocycles. The Labute approximate surface area is 86.5 Å². The van der Waals surface area contributed by atoms with Gasteiger partial charge in [0.1, 0.15) is 0 Å². The summed E-state index contributed by atoms with van der Waals surface area (Å²) in [5.41, 5.74) is 0.0905. The van der Waals surface area contributed by atoms with Crippen molar-refractivity contribution in [2.24, 2.45) is 5.41 Å². The Kier molecular flexibility index (Phi) is 6.21. The Hall–Kier alpha value is -0.830. The van der Waals surface area contributed by atoms with Gasteiger partial charge in [0.05, 0.1) is 0 Å². The third kappa shape index (κ3) is 6.66. The maximum atomic E-state index is 11.1. The number of hydrogen-bond donors (Lipinski definition) is 1. The van der Waals surface area contributed by atoms with Crippen LogP contribution in [-0.2, 0) is 9.53 Å². The van der Waals surface area contributed by atoms with Gasteiger partial charge in [-0.15, -0.1) is 0 Å². The summed E-state index contributed by atoms with van der Waals surface area (Å²) < 4.78 is 5.01. The second-order valence-corrected chi connectivity index (χ2v) is 4.12. The van der Waals surface area contributed by atoms with Crippen LogP contribution in [0.4, 0.5) is 0 Å². The SMILES string of the molecule is C/C=C/C(=O)NCC(C)(C)CCOC. The zero-order valence-corrected chi connectivity index (χ0v) is 9.59. The van der Waals surface area contributed by atoms with E-state index in [2.05, 4.69) is 19.2 Å². The molecule has 14 heavy (non-hydrogen) atoms. The third-order valence-electron chi connectivity index (χ3n) is 2.04. The fourth-order valence-electron chi connectivity index (χ4n) is 1.00. The van der Waals surface area contributed by atoms with E-state index in [9.17, 15) is 4.79 Å². The highest BCUT2D eigenvalue weighted by molar-refractivity contribution is 5.87. The minimum absolute atomic E-state index is 0.0296. The topological polar surface area (TPSA) is 38.3 Å². The molecule has 0 aromatic rings. The summed E-state index contributed by atoms with van der Waals surface area (Å²) in [6.45, 7) is 7.46. The average Bonchev–Trinajstić information content (AvgIpc) is 2.13. The van der Waals surface area contributed by atoms with E-state index < -0.39 is 0 Å². The first kappa shape index (κ1) is 13.2. The van der Waals surface area contributed by atoms with Crippen molar-refractivity contribution >= 4 is 5.91 Å². The van der Waals surface area contributed by atoms with Crippen LogP contribution in [0.2, 0.25) is 0 Å². The lowest BCUT2D eigenvalue weighted by Gasteiger charge is -2.24. The van der Waals surface area contributed by atoms with E-state index in [0.29, 0.717) is 6.54 Å². The Morgan fingerprint density at radius 2 is 2.14 bits per heavy atom. The van der Waals surface area contributed by atoms with Gasteiger partial charge in [0.25, 0.3) is 0 Å². The second-order valence-electron chi connectivity index (χ2n) is 4.12. The lowest BCUT2D eigenvalue weighted by Crippen LogP contribution is -2.33. The maximum Gasteiger partial charge on any atom is 0.243 e. The molecule has 0 atom stereocenters. The van der Waals surface area contributed by atoms with Crippen LogP contribution in [0.5, 0.6) is 0 Å². The zero-order chi connectivity index (χ0) is 11.0. The molecule has 3 nitrogen and oxygen atoms in total. The van der Waals surface area contributed by atoms with Gasteiger partial charge >= 0.3 is 0 Å². The van der Waals surface area contributed by atoms with Crippen LogP contribution in [0.3, 0.4) is 0 Å². The molecular weight excluding hydrogens is 178 g/mol. The normalized spacial score (nSPS) is 12.0. The van der Waals surface area contributed by atoms with Gasteiger partial charge in [-0.2, -0.15) is 0 Å². The van der Waals surface area contributed by atoms with Crippen LogP contribution in [-0.4, -0.2) is 26.2 Å². The monoisotopic (exact) mass is 199 g/mol. The Morgan fingerprint density at radius 3 is 2.64 bits per heavy atom. The molecule has 0 fully saturated rings. The molecule has 82 valence electrons. The smallest absolute Gasteiger partial charge is 0.243 e. The van der Waals surface area contributed by atoms with Crippen LogP contribution < -0.4 is 5.32 Å². The highest BCUT2D eigenvalue weighted by atomic mass is 16.5. The van der Waals surface area contributed by atoms with Crippen molar-refractivity contribution in [1.29, 1.82) is 0 Å². The minimum atomic E-state index is -0.0296. The van der Waals surface area contributed by atoms with Gasteiger partial charge in [-0.05, 0) is 24.8 Å². The van der Waals surface area contributed by atoms with Crippen molar-refractivity contribution in [3.05, 3.63) is 12.2 Å². The van der Waals surface area contributed by atoms with Gasteiger partial charge in [0.15, 0.2) is 0 Å². The van der Waals surface area contributed by atoms with E-state index in [1.807, 2.05) is 6.92 Å². The molecule has 1 amide bonds. The molecule has 0 saturated heterocycles. The Morgan fingerprint density at radius 1 is 1.50 bits per heavy atom. The molecule has 0 bridgehead atoms. The molecule has 0 aromatic carbocycles. The van der Waals surface area contributed by atoms with Gasteiger partial charge in [-0.25, -0.2) is 0 Å².